The van der Waals surface area contributed by atoms with Crippen LogP contribution in [0.1, 0.15) is 39.7 Å². The molecule has 4 nitrogen and oxygen atoms in total. The van der Waals surface area contributed by atoms with Gasteiger partial charge in [-0.2, -0.15) is 0 Å². The van der Waals surface area contributed by atoms with Crippen LogP contribution in [0.25, 0.3) is 0 Å². The predicted molar refractivity (Wildman–Crippen MR) is 96.8 cm³/mol. The Hall–Kier alpha value is -1.72. The number of nitrogens with one attached hydrogen (secondary N) is 1. The van der Waals surface area contributed by atoms with Gasteiger partial charge in [0.2, 0.25) is 0 Å². The average molecular weight is 347 g/mol. The van der Waals surface area contributed by atoms with E-state index in [1.807, 2.05) is 45.0 Å². The summed E-state index contributed by atoms with van der Waals surface area (Å²) in [6, 6.07) is 6.71. The van der Waals surface area contributed by atoms with E-state index >= 15 is 0 Å². The van der Waals surface area contributed by atoms with Crippen LogP contribution in [0, 0.1) is 6.92 Å². The van der Waals surface area contributed by atoms with Gasteiger partial charge in [-0.15, -0.1) is 0 Å². The number of benzene rings is 1. The van der Waals surface area contributed by atoms with Gasteiger partial charge in [0.1, 0.15) is 17.0 Å². The Kier molecular flexibility index (Phi) is 6.13. The van der Waals surface area contributed by atoms with Crippen molar-refractivity contribution in [3.8, 4) is 0 Å². The molecule has 1 aromatic rings. The SMILES string of the molecule is CCOC(=O)C(NS(=O)c1ccc(C)cc1)C1=C(C)CC(C)=C1C. The zero-order valence-electron chi connectivity index (χ0n) is 14.9. The average Bonchev–Trinajstić information content (AvgIpc) is 2.78. The van der Waals surface area contributed by atoms with Crippen LogP contribution in [0.4, 0.5) is 0 Å². The van der Waals surface area contributed by atoms with Gasteiger partial charge in [-0.05, 0) is 64.3 Å². The molecule has 24 heavy (non-hydrogen) atoms. The fraction of sp³-hybridized carbons (Fsp3) is 0.421. The third-order valence-electron chi connectivity index (χ3n) is 4.31. The first-order valence-corrected chi connectivity index (χ1v) is 9.27. The topological polar surface area (TPSA) is 55.4 Å². The van der Waals surface area contributed by atoms with Gasteiger partial charge in [0.15, 0.2) is 0 Å². The van der Waals surface area contributed by atoms with Crippen molar-refractivity contribution >= 4 is 17.0 Å². The zero-order chi connectivity index (χ0) is 17.9. The maximum Gasteiger partial charge on any atom is 0.328 e. The standard InChI is InChI=1S/C19H25NO3S/c1-6-23-19(21)18(17-14(4)11-13(3)15(17)5)20-24(22)16-9-7-12(2)8-10-16/h7-10,18,20H,6,11H2,1-5H3. The van der Waals surface area contributed by atoms with E-state index in [2.05, 4.69) is 11.6 Å². The lowest BCUT2D eigenvalue weighted by Gasteiger charge is -2.20. The molecule has 2 unspecified atom stereocenters. The molecule has 1 aliphatic carbocycles. The monoisotopic (exact) mass is 347 g/mol. The number of rotatable bonds is 6. The van der Waals surface area contributed by atoms with E-state index < -0.39 is 17.0 Å². The van der Waals surface area contributed by atoms with Crippen LogP contribution in [0.3, 0.4) is 0 Å². The van der Waals surface area contributed by atoms with Crippen LogP contribution in [0.2, 0.25) is 0 Å². The van der Waals surface area contributed by atoms with E-state index in [-0.39, 0.29) is 5.97 Å². The van der Waals surface area contributed by atoms with E-state index in [0.717, 1.165) is 28.7 Å². The lowest BCUT2D eigenvalue weighted by molar-refractivity contribution is -0.144. The minimum Gasteiger partial charge on any atom is -0.465 e. The highest BCUT2D eigenvalue weighted by Crippen LogP contribution is 2.34. The van der Waals surface area contributed by atoms with Gasteiger partial charge < -0.3 is 4.74 Å². The minimum absolute atomic E-state index is 0.294. The van der Waals surface area contributed by atoms with Gasteiger partial charge in [0.05, 0.1) is 11.5 Å². The maximum absolute atomic E-state index is 12.7. The molecule has 1 N–H and O–H groups in total. The Balaban J connectivity index is 2.31. The van der Waals surface area contributed by atoms with Crippen LogP contribution in [-0.2, 0) is 20.5 Å². The number of carbonyl (C=O) groups is 1. The first-order valence-electron chi connectivity index (χ1n) is 8.12. The minimum atomic E-state index is -1.49. The van der Waals surface area contributed by atoms with Crippen LogP contribution >= 0.6 is 0 Å². The third-order valence-corrected chi connectivity index (χ3v) is 5.46. The second-order valence-electron chi connectivity index (χ2n) is 6.16. The lowest BCUT2D eigenvalue weighted by Crippen LogP contribution is -2.41. The van der Waals surface area contributed by atoms with E-state index in [4.69, 9.17) is 4.74 Å². The maximum atomic E-state index is 12.7. The van der Waals surface area contributed by atoms with E-state index in [0.29, 0.717) is 11.5 Å². The van der Waals surface area contributed by atoms with Crippen molar-refractivity contribution in [2.24, 2.45) is 0 Å². The summed E-state index contributed by atoms with van der Waals surface area (Å²) in [7, 11) is -1.49. The summed E-state index contributed by atoms with van der Waals surface area (Å²) < 4.78 is 20.9. The fourth-order valence-corrected chi connectivity index (χ4v) is 3.87. The molecule has 0 aromatic heterocycles. The van der Waals surface area contributed by atoms with Crippen molar-refractivity contribution in [3.63, 3.8) is 0 Å². The van der Waals surface area contributed by atoms with Gasteiger partial charge in [0.25, 0.3) is 0 Å². The van der Waals surface area contributed by atoms with Crippen molar-refractivity contribution in [2.75, 3.05) is 6.61 Å². The van der Waals surface area contributed by atoms with Crippen molar-refractivity contribution < 1.29 is 13.7 Å². The normalized spacial score (nSPS) is 17.2. The molecule has 2 rings (SSSR count). The number of hydrogen-bond acceptors (Lipinski definition) is 3. The smallest absolute Gasteiger partial charge is 0.328 e. The molecule has 0 saturated heterocycles. The number of aryl methyl sites for hydroxylation is 1. The molecule has 0 aliphatic heterocycles. The highest BCUT2D eigenvalue weighted by atomic mass is 32.2. The molecule has 1 aromatic carbocycles. The van der Waals surface area contributed by atoms with Gasteiger partial charge in [-0.25, -0.2) is 13.7 Å². The molecule has 0 fully saturated rings. The highest BCUT2D eigenvalue weighted by Gasteiger charge is 2.32. The summed E-state index contributed by atoms with van der Waals surface area (Å²) in [5, 5.41) is 0. The van der Waals surface area contributed by atoms with Crippen molar-refractivity contribution in [2.45, 2.75) is 52.0 Å². The summed E-state index contributed by atoms with van der Waals surface area (Å²) in [6.45, 7) is 10.1. The van der Waals surface area contributed by atoms with Crippen molar-refractivity contribution in [3.05, 3.63) is 52.1 Å². The van der Waals surface area contributed by atoms with Gasteiger partial charge in [-0.1, -0.05) is 28.8 Å². The molecular weight excluding hydrogens is 322 g/mol. The molecular formula is C19H25NO3S. The Morgan fingerprint density at radius 1 is 1.17 bits per heavy atom. The van der Waals surface area contributed by atoms with Crippen LogP contribution in [-0.4, -0.2) is 22.8 Å². The molecule has 5 heteroatoms. The Labute approximate surface area is 146 Å². The second-order valence-corrected chi connectivity index (χ2v) is 7.41. The molecule has 0 heterocycles. The fourth-order valence-electron chi connectivity index (χ4n) is 2.93. The summed E-state index contributed by atoms with van der Waals surface area (Å²) in [6.07, 6.45) is 0.843. The summed E-state index contributed by atoms with van der Waals surface area (Å²) in [4.78, 5) is 13.1. The quantitative estimate of drug-likeness (QED) is 0.800. The number of hydrogen-bond donors (Lipinski definition) is 1. The molecule has 0 saturated carbocycles. The molecule has 0 spiro atoms. The third kappa shape index (κ3) is 4.02. The van der Waals surface area contributed by atoms with Crippen molar-refractivity contribution in [1.29, 1.82) is 0 Å². The molecule has 130 valence electrons. The lowest BCUT2D eigenvalue weighted by atomic mass is 10.00. The van der Waals surface area contributed by atoms with Crippen molar-refractivity contribution in [1.82, 2.24) is 4.72 Å². The predicted octanol–water partition coefficient (Wildman–Crippen LogP) is 3.60. The molecule has 0 amide bonds. The Morgan fingerprint density at radius 2 is 1.79 bits per heavy atom. The van der Waals surface area contributed by atoms with E-state index in [1.54, 1.807) is 6.92 Å². The summed E-state index contributed by atoms with van der Waals surface area (Å²) in [5.74, 6) is -0.388. The summed E-state index contributed by atoms with van der Waals surface area (Å²) in [5.41, 5.74) is 5.45. The number of carbonyl (C=O) groups excluding carboxylic acids is 1. The van der Waals surface area contributed by atoms with Crippen LogP contribution in [0.5, 0.6) is 0 Å². The first-order chi connectivity index (χ1) is 11.3. The summed E-state index contributed by atoms with van der Waals surface area (Å²) >= 11 is 0. The largest absolute Gasteiger partial charge is 0.465 e. The van der Waals surface area contributed by atoms with E-state index in [1.165, 1.54) is 5.57 Å². The molecule has 1 aliphatic rings. The number of esters is 1. The van der Waals surface area contributed by atoms with Crippen LogP contribution < -0.4 is 4.72 Å². The molecule has 0 bridgehead atoms. The second kappa shape index (κ2) is 7.90. The highest BCUT2D eigenvalue weighted by molar-refractivity contribution is 7.83. The first kappa shape index (κ1) is 18.6. The molecule has 2 atom stereocenters. The number of allylic oxidation sites excluding steroid dienone is 2. The van der Waals surface area contributed by atoms with Gasteiger partial charge in [0, 0.05) is 0 Å². The van der Waals surface area contributed by atoms with Crippen LogP contribution in [0.15, 0.2) is 51.5 Å². The molecule has 0 radical (unpaired) electrons. The Bertz CT molecular complexity index is 717. The van der Waals surface area contributed by atoms with E-state index in [9.17, 15) is 9.00 Å². The zero-order valence-corrected chi connectivity index (χ0v) is 15.8. The van der Waals surface area contributed by atoms with Gasteiger partial charge >= 0.3 is 5.97 Å². The Morgan fingerprint density at radius 3 is 2.29 bits per heavy atom. The van der Waals surface area contributed by atoms with Gasteiger partial charge in [-0.3, -0.25) is 0 Å². The number of ether oxygens (including phenoxy) is 1.